The molecule has 0 aromatic heterocycles. The summed E-state index contributed by atoms with van der Waals surface area (Å²) in [5.41, 5.74) is 2.23. The lowest BCUT2D eigenvalue weighted by molar-refractivity contribution is -0.124. The number of sulfonamides is 1. The molecule has 0 fully saturated rings. The van der Waals surface area contributed by atoms with E-state index in [4.69, 9.17) is 4.74 Å². The molecule has 8 heteroatoms. The van der Waals surface area contributed by atoms with Crippen molar-refractivity contribution in [1.82, 2.24) is 9.62 Å². The van der Waals surface area contributed by atoms with E-state index in [0.717, 1.165) is 24.0 Å². The number of carbonyl (C=O) groups is 2. The van der Waals surface area contributed by atoms with E-state index in [0.29, 0.717) is 26.1 Å². The van der Waals surface area contributed by atoms with Gasteiger partial charge in [0.2, 0.25) is 10.0 Å². The molecule has 2 aromatic rings. The summed E-state index contributed by atoms with van der Waals surface area (Å²) in [4.78, 5) is 24.0. The van der Waals surface area contributed by atoms with Crippen molar-refractivity contribution in [3.8, 4) is 0 Å². The van der Waals surface area contributed by atoms with Gasteiger partial charge in [-0.05, 0) is 42.2 Å². The Morgan fingerprint density at radius 3 is 2.63 bits per heavy atom. The van der Waals surface area contributed by atoms with Gasteiger partial charge in [-0.1, -0.05) is 43.7 Å². The molecule has 1 heterocycles. The molecular formula is C22H26N2O5S. The average molecular weight is 431 g/mol. The fourth-order valence-corrected chi connectivity index (χ4v) is 4.74. The molecule has 1 amide bonds. The van der Waals surface area contributed by atoms with Crippen LogP contribution in [0.4, 0.5) is 0 Å². The van der Waals surface area contributed by atoms with E-state index in [1.807, 2.05) is 31.2 Å². The van der Waals surface area contributed by atoms with Gasteiger partial charge >= 0.3 is 5.97 Å². The Kier molecular flexibility index (Phi) is 7.23. The minimum atomic E-state index is -3.76. The molecule has 1 N–H and O–H groups in total. The van der Waals surface area contributed by atoms with Crippen LogP contribution in [-0.4, -0.2) is 44.3 Å². The van der Waals surface area contributed by atoms with Crippen LogP contribution in [0.5, 0.6) is 0 Å². The van der Waals surface area contributed by atoms with E-state index in [9.17, 15) is 18.0 Å². The molecular weight excluding hydrogens is 404 g/mol. The van der Waals surface area contributed by atoms with Crippen molar-refractivity contribution < 1.29 is 22.7 Å². The molecule has 0 saturated carbocycles. The maximum absolute atomic E-state index is 13.1. The van der Waals surface area contributed by atoms with Gasteiger partial charge in [0, 0.05) is 19.6 Å². The quantitative estimate of drug-likeness (QED) is 0.513. The van der Waals surface area contributed by atoms with E-state index in [2.05, 4.69) is 5.32 Å². The summed E-state index contributed by atoms with van der Waals surface area (Å²) < 4.78 is 32.6. The Bertz CT molecular complexity index is 1020. The first-order chi connectivity index (χ1) is 14.4. The van der Waals surface area contributed by atoms with Crippen LogP contribution in [0.15, 0.2) is 53.4 Å². The number of unbranched alkanes of at least 4 members (excludes halogenated alkanes) is 1. The summed E-state index contributed by atoms with van der Waals surface area (Å²) in [5, 5.41) is 2.66. The predicted octanol–water partition coefficient (Wildman–Crippen LogP) is 2.51. The number of benzene rings is 2. The summed E-state index contributed by atoms with van der Waals surface area (Å²) in [6, 6.07) is 13.5. The Labute approximate surface area is 177 Å². The van der Waals surface area contributed by atoms with Gasteiger partial charge in [0.1, 0.15) is 0 Å². The fraction of sp³-hybridized carbons (Fsp3) is 0.364. The van der Waals surface area contributed by atoms with Crippen molar-refractivity contribution in [1.29, 1.82) is 0 Å². The molecule has 2 aromatic carbocycles. The topological polar surface area (TPSA) is 92.8 Å². The van der Waals surface area contributed by atoms with Crippen molar-refractivity contribution in [2.24, 2.45) is 0 Å². The Hall–Kier alpha value is -2.71. The van der Waals surface area contributed by atoms with Crippen LogP contribution in [-0.2, 0) is 32.5 Å². The molecule has 7 nitrogen and oxygen atoms in total. The third-order valence-corrected chi connectivity index (χ3v) is 6.83. The second kappa shape index (κ2) is 9.86. The van der Waals surface area contributed by atoms with E-state index < -0.39 is 22.6 Å². The maximum Gasteiger partial charge on any atom is 0.338 e. The lowest BCUT2D eigenvalue weighted by Gasteiger charge is -2.28. The largest absolute Gasteiger partial charge is 0.452 e. The summed E-state index contributed by atoms with van der Waals surface area (Å²) in [7, 11) is -3.76. The first-order valence-electron chi connectivity index (χ1n) is 10.0. The highest BCUT2D eigenvalue weighted by molar-refractivity contribution is 7.89. The van der Waals surface area contributed by atoms with Crippen LogP contribution in [0.2, 0.25) is 0 Å². The molecule has 0 bridgehead atoms. The Morgan fingerprint density at radius 1 is 1.10 bits per heavy atom. The number of nitrogens with one attached hydrogen (secondary N) is 1. The number of amides is 1. The van der Waals surface area contributed by atoms with Crippen molar-refractivity contribution >= 4 is 21.9 Å². The maximum atomic E-state index is 13.1. The van der Waals surface area contributed by atoms with E-state index in [1.54, 1.807) is 0 Å². The first-order valence-corrected chi connectivity index (χ1v) is 11.5. The Balaban J connectivity index is 1.67. The smallest absolute Gasteiger partial charge is 0.338 e. The van der Waals surface area contributed by atoms with Crippen LogP contribution >= 0.6 is 0 Å². The van der Waals surface area contributed by atoms with Crippen LogP contribution in [0, 0.1) is 0 Å². The summed E-state index contributed by atoms with van der Waals surface area (Å²) in [6.07, 6.45) is 2.44. The highest BCUT2D eigenvalue weighted by Gasteiger charge is 2.28. The lowest BCUT2D eigenvalue weighted by Crippen LogP contribution is -2.36. The monoisotopic (exact) mass is 430 g/mol. The second-order valence-corrected chi connectivity index (χ2v) is 9.10. The molecule has 0 atom stereocenters. The lowest BCUT2D eigenvalue weighted by atomic mass is 10.0. The molecule has 0 aliphatic carbocycles. The van der Waals surface area contributed by atoms with E-state index in [-0.39, 0.29) is 16.4 Å². The average Bonchev–Trinajstić information content (AvgIpc) is 2.77. The zero-order valence-electron chi connectivity index (χ0n) is 17.0. The molecule has 0 saturated heterocycles. The van der Waals surface area contributed by atoms with Crippen molar-refractivity contribution in [3.05, 3.63) is 65.2 Å². The van der Waals surface area contributed by atoms with Crippen LogP contribution in [0.25, 0.3) is 0 Å². The van der Waals surface area contributed by atoms with E-state index in [1.165, 1.54) is 28.6 Å². The summed E-state index contributed by atoms with van der Waals surface area (Å²) in [5.74, 6) is -1.12. The number of carbonyl (C=O) groups excluding carboxylic acids is 2. The van der Waals surface area contributed by atoms with Gasteiger partial charge in [-0.3, -0.25) is 4.79 Å². The normalized spacial score (nSPS) is 14.0. The summed E-state index contributed by atoms with van der Waals surface area (Å²) >= 11 is 0. The zero-order valence-corrected chi connectivity index (χ0v) is 17.8. The first kappa shape index (κ1) is 22.0. The number of hydrogen-bond acceptors (Lipinski definition) is 5. The van der Waals surface area contributed by atoms with Crippen LogP contribution < -0.4 is 5.32 Å². The van der Waals surface area contributed by atoms with Gasteiger partial charge in [-0.15, -0.1) is 0 Å². The molecule has 160 valence electrons. The van der Waals surface area contributed by atoms with Gasteiger partial charge in [0.05, 0.1) is 10.5 Å². The van der Waals surface area contributed by atoms with Gasteiger partial charge < -0.3 is 10.1 Å². The minimum absolute atomic E-state index is 0.0312. The van der Waals surface area contributed by atoms with Crippen molar-refractivity contribution in [2.45, 2.75) is 37.6 Å². The minimum Gasteiger partial charge on any atom is -0.452 e. The summed E-state index contributed by atoms with van der Waals surface area (Å²) in [6.45, 7) is 2.81. The van der Waals surface area contributed by atoms with Gasteiger partial charge in [0.25, 0.3) is 5.91 Å². The van der Waals surface area contributed by atoms with Gasteiger partial charge in [-0.25, -0.2) is 13.2 Å². The second-order valence-electron chi connectivity index (χ2n) is 7.16. The Morgan fingerprint density at radius 2 is 1.87 bits per heavy atom. The van der Waals surface area contributed by atoms with Gasteiger partial charge in [-0.2, -0.15) is 4.31 Å². The van der Waals surface area contributed by atoms with E-state index >= 15 is 0 Å². The number of esters is 1. The molecule has 0 radical (unpaired) electrons. The molecule has 0 spiro atoms. The zero-order chi connectivity index (χ0) is 21.6. The van der Waals surface area contributed by atoms with Crippen LogP contribution in [0.1, 0.15) is 41.3 Å². The highest BCUT2D eigenvalue weighted by Crippen LogP contribution is 2.25. The number of fused-ring (bicyclic) bond motifs is 1. The third kappa shape index (κ3) is 5.25. The highest BCUT2D eigenvalue weighted by atomic mass is 32.2. The molecule has 0 unspecified atom stereocenters. The van der Waals surface area contributed by atoms with Crippen molar-refractivity contribution in [3.63, 3.8) is 0 Å². The molecule has 3 rings (SSSR count). The van der Waals surface area contributed by atoms with Crippen molar-refractivity contribution in [2.75, 3.05) is 19.7 Å². The SMILES string of the molecule is CCCCNC(=O)COC(=O)c1cccc(S(=O)(=O)N2CCc3ccccc3C2)c1. The number of ether oxygens (including phenoxy) is 1. The third-order valence-electron chi connectivity index (χ3n) is 4.99. The van der Waals surface area contributed by atoms with Gasteiger partial charge in [0.15, 0.2) is 6.61 Å². The fourth-order valence-electron chi connectivity index (χ4n) is 3.28. The molecule has 30 heavy (non-hydrogen) atoms. The van der Waals surface area contributed by atoms with Crippen LogP contribution in [0.3, 0.4) is 0 Å². The number of hydrogen-bond donors (Lipinski definition) is 1. The molecule has 1 aliphatic heterocycles. The number of nitrogens with zero attached hydrogens (tertiary/aromatic N) is 1. The predicted molar refractivity (Wildman–Crippen MR) is 112 cm³/mol. The standard InChI is InChI=1S/C22H26N2O5S/c1-2-3-12-23-21(25)16-29-22(26)18-9-6-10-20(14-18)30(27,28)24-13-11-17-7-4-5-8-19(17)15-24/h4-10,14H,2-3,11-13,15-16H2,1H3,(H,23,25). The number of rotatable bonds is 8. The molecule has 1 aliphatic rings.